The molecule has 0 aliphatic carbocycles. The number of hydrogen-bond acceptors (Lipinski definition) is 6. The first kappa shape index (κ1) is 14.6. The molecule has 0 spiro atoms. The molecule has 7 nitrogen and oxygen atoms in total. The van der Waals surface area contributed by atoms with E-state index < -0.39 is 0 Å². The maximum atomic E-state index is 11.9. The average Bonchev–Trinajstić information content (AvgIpc) is 3.08. The highest BCUT2D eigenvalue weighted by atomic mass is 32.2. The summed E-state index contributed by atoms with van der Waals surface area (Å²) in [7, 11) is 0. The van der Waals surface area contributed by atoms with E-state index in [9.17, 15) is 4.79 Å². The lowest BCUT2D eigenvalue weighted by atomic mass is 10.1. The molecule has 2 rings (SSSR count). The van der Waals surface area contributed by atoms with Gasteiger partial charge < -0.3 is 9.84 Å². The average molecular weight is 295 g/mol. The summed E-state index contributed by atoms with van der Waals surface area (Å²) in [4.78, 5) is 16.1. The molecule has 1 atom stereocenters. The van der Waals surface area contributed by atoms with E-state index in [4.69, 9.17) is 4.52 Å². The van der Waals surface area contributed by atoms with Crippen molar-refractivity contribution < 1.29 is 9.32 Å². The van der Waals surface area contributed by atoms with Crippen LogP contribution in [-0.2, 0) is 23.6 Å². The Bertz CT molecular complexity index is 540. The standard InChI is InChI=1S/C12H17N5O2S/c1-9(7-17-5-3-4-14-17)12(18)13-6-11-15-10(8-20-2)16-19-11/h3-5,9H,6-8H2,1-2H3,(H,13,18). The summed E-state index contributed by atoms with van der Waals surface area (Å²) in [6.45, 7) is 2.65. The molecule has 1 unspecified atom stereocenters. The van der Waals surface area contributed by atoms with Gasteiger partial charge >= 0.3 is 0 Å². The first-order chi connectivity index (χ1) is 9.69. The van der Waals surface area contributed by atoms with Crippen molar-refractivity contribution >= 4 is 17.7 Å². The molecule has 8 heteroatoms. The second kappa shape index (κ2) is 7.09. The summed E-state index contributed by atoms with van der Waals surface area (Å²) in [6, 6.07) is 1.83. The molecule has 20 heavy (non-hydrogen) atoms. The molecule has 2 aromatic rings. The van der Waals surface area contributed by atoms with Crippen LogP contribution < -0.4 is 5.32 Å². The molecule has 0 aromatic carbocycles. The van der Waals surface area contributed by atoms with Crippen molar-refractivity contribution in [2.75, 3.05) is 6.26 Å². The van der Waals surface area contributed by atoms with Crippen LogP contribution in [0.25, 0.3) is 0 Å². The summed E-state index contributed by atoms with van der Waals surface area (Å²) in [5.41, 5.74) is 0. The largest absolute Gasteiger partial charge is 0.347 e. The van der Waals surface area contributed by atoms with Crippen molar-refractivity contribution in [2.24, 2.45) is 5.92 Å². The Hall–Kier alpha value is -1.83. The van der Waals surface area contributed by atoms with Gasteiger partial charge in [0.2, 0.25) is 11.8 Å². The van der Waals surface area contributed by atoms with Gasteiger partial charge in [0.1, 0.15) is 0 Å². The van der Waals surface area contributed by atoms with Crippen LogP contribution in [0.15, 0.2) is 23.0 Å². The van der Waals surface area contributed by atoms with E-state index in [0.29, 0.717) is 24.0 Å². The normalized spacial score (nSPS) is 12.3. The van der Waals surface area contributed by atoms with Gasteiger partial charge in [0.15, 0.2) is 5.82 Å². The summed E-state index contributed by atoms with van der Waals surface area (Å²) in [5.74, 6) is 1.53. The number of nitrogens with one attached hydrogen (secondary N) is 1. The minimum Gasteiger partial charge on any atom is -0.347 e. The number of amides is 1. The molecule has 0 radical (unpaired) electrons. The predicted octanol–water partition coefficient (Wildman–Crippen LogP) is 1.08. The van der Waals surface area contributed by atoms with Crippen LogP contribution in [0.2, 0.25) is 0 Å². The Morgan fingerprint density at radius 3 is 3.15 bits per heavy atom. The van der Waals surface area contributed by atoms with Crippen molar-refractivity contribution in [3.8, 4) is 0 Å². The van der Waals surface area contributed by atoms with Crippen molar-refractivity contribution in [2.45, 2.75) is 25.8 Å². The molecule has 0 bridgehead atoms. The van der Waals surface area contributed by atoms with Crippen molar-refractivity contribution in [1.82, 2.24) is 25.2 Å². The van der Waals surface area contributed by atoms with Crippen LogP contribution in [0.4, 0.5) is 0 Å². The van der Waals surface area contributed by atoms with Crippen LogP contribution in [0.1, 0.15) is 18.6 Å². The van der Waals surface area contributed by atoms with Crippen LogP contribution in [-0.4, -0.2) is 32.1 Å². The molecule has 1 amide bonds. The number of carbonyl (C=O) groups excluding carboxylic acids is 1. The number of aromatic nitrogens is 4. The van der Waals surface area contributed by atoms with Gasteiger partial charge in [0.25, 0.3) is 0 Å². The van der Waals surface area contributed by atoms with Crippen molar-refractivity contribution in [3.63, 3.8) is 0 Å². The van der Waals surface area contributed by atoms with Crippen molar-refractivity contribution in [3.05, 3.63) is 30.2 Å². The molecule has 0 aliphatic heterocycles. The smallest absolute Gasteiger partial charge is 0.246 e. The predicted molar refractivity (Wildman–Crippen MR) is 74.8 cm³/mol. The van der Waals surface area contributed by atoms with E-state index in [1.54, 1.807) is 22.6 Å². The molecule has 0 fully saturated rings. The molecule has 0 saturated heterocycles. The first-order valence-corrected chi connectivity index (χ1v) is 7.64. The number of hydrogen-bond donors (Lipinski definition) is 1. The van der Waals surface area contributed by atoms with Gasteiger partial charge in [-0.25, -0.2) is 0 Å². The highest BCUT2D eigenvalue weighted by Gasteiger charge is 2.15. The summed E-state index contributed by atoms with van der Waals surface area (Å²) >= 11 is 1.62. The van der Waals surface area contributed by atoms with Crippen LogP contribution in [0.5, 0.6) is 0 Å². The molecule has 1 N–H and O–H groups in total. The Kier molecular flexibility index (Phi) is 5.16. The lowest BCUT2D eigenvalue weighted by Gasteiger charge is -2.10. The molecular weight excluding hydrogens is 278 g/mol. The van der Waals surface area contributed by atoms with E-state index >= 15 is 0 Å². The summed E-state index contributed by atoms with van der Waals surface area (Å²) in [5, 5.41) is 10.7. The van der Waals surface area contributed by atoms with Gasteiger partial charge in [-0.1, -0.05) is 12.1 Å². The number of rotatable bonds is 7. The van der Waals surface area contributed by atoms with Gasteiger partial charge in [-0.15, -0.1) is 0 Å². The van der Waals surface area contributed by atoms with Gasteiger partial charge in [-0.05, 0) is 12.3 Å². The minimum absolute atomic E-state index is 0.0647. The summed E-state index contributed by atoms with van der Waals surface area (Å²) < 4.78 is 6.78. The van der Waals surface area contributed by atoms with Crippen LogP contribution in [0.3, 0.4) is 0 Å². The van der Waals surface area contributed by atoms with Crippen molar-refractivity contribution in [1.29, 1.82) is 0 Å². The first-order valence-electron chi connectivity index (χ1n) is 6.24. The van der Waals surface area contributed by atoms with E-state index in [1.807, 2.05) is 25.4 Å². The molecule has 0 saturated carbocycles. The number of nitrogens with zero attached hydrogens (tertiary/aromatic N) is 4. The highest BCUT2D eigenvalue weighted by Crippen LogP contribution is 2.06. The Labute approximate surface area is 121 Å². The van der Waals surface area contributed by atoms with E-state index in [0.717, 1.165) is 0 Å². The highest BCUT2D eigenvalue weighted by molar-refractivity contribution is 7.97. The maximum absolute atomic E-state index is 11.9. The monoisotopic (exact) mass is 295 g/mol. The van der Waals surface area contributed by atoms with E-state index in [2.05, 4.69) is 20.6 Å². The third-order valence-corrected chi connectivity index (χ3v) is 3.21. The molecule has 108 valence electrons. The van der Waals surface area contributed by atoms with Gasteiger partial charge in [0.05, 0.1) is 24.8 Å². The number of carbonyl (C=O) groups is 1. The third-order valence-electron chi connectivity index (χ3n) is 2.67. The maximum Gasteiger partial charge on any atom is 0.246 e. The number of thioether (sulfide) groups is 1. The van der Waals surface area contributed by atoms with Gasteiger partial charge in [0, 0.05) is 12.4 Å². The lowest BCUT2D eigenvalue weighted by molar-refractivity contribution is -0.125. The quantitative estimate of drug-likeness (QED) is 0.822. The lowest BCUT2D eigenvalue weighted by Crippen LogP contribution is -2.31. The van der Waals surface area contributed by atoms with Crippen LogP contribution in [0, 0.1) is 5.92 Å². The molecule has 2 aromatic heterocycles. The topological polar surface area (TPSA) is 85.8 Å². The van der Waals surface area contributed by atoms with E-state index in [1.165, 1.54) is 0 Å². The Morgan fingerprint density at radius 2 is 2.45 bits per heavy atom. The fraction of sp³-hybridized carbons (Fsp3) is 0.500. The van der Waals surface area contributed by atoms with Gasteiger partial charge in [-0.2, -0.15) is 21.8 Å². The fourth-order valence-corrected chi connectivity index (χ4v) is 2.03. The zero-order valence-corrected chi connectivity index (χ0v) is 12.3. The van der Waals surface area contributed by atoms with Gasteiger partial charge in [-0.3, -0.25) is 9.48 Å². The third kappa shape index (κ3) is 4.09. The van der Waals surface area contributed by atoms with E-state index in [-0.39, 0.29) is 18.4 Å². The van der Waals surface area contributed by atoms with Crippen LogP contribution >= 0.6 is 11.8 Å². The molecule has 0 aliphatic rings. The Morgan fingerprint density at radius 1 is 1.60 bits per heavy atom. The molecular formula is C12H17N5O2S. The minimum atomic E-state index is -0.177. The Balaban J connectivity index is 1.78. The zero-order valence-electron chi connectivity index (χ0n) is 11.4. The second-order valence-electron chi connectivity index (χ2n) is 4.38. The molecule has 2 heterocycles. The zero-order chi connectivity index (χ0) is 14.4. The SMILES string of the molecule is CSCc1noc(CNC(=O)C(C)Cn2cccn2)n1. The fourth-order valence-electron chi connectivity index (χ4n) is 1.66. The second-order valence-corrected chi connectivity index (χ2v) is 5.25. The summed E-state index contributed by atoms with van der Waals surface area (Å²) in [6.07, 6.45) is 5.49.